The van der Waals surface area contributed by atoms with Crippen LogP contribution in [0, 0.1) is 0 Å². The number of halogens is 2. The Labute approximate surface area is 236 Å². The van der Waals surface area contributed by atoms with Gasteiger partial charge in [-0.1, -0.05) is 24.3 Å². The van der Waals surface area contributed by atoms with Crippen molar-refractivity contribution in [2.75, 3.05) is 51.8 Å². The summed E-state index contributed by atoms with van der Waals surface area (Å²) in [5.74, 6) is -1.56. The summed E-state index contributed by atoms with van der Waals surface area (Å²) in [6.07, 6.45) is 8.37. The average Bonchev–Trinajstić information content (AvgIpc) is 3.32. The maximum Gasteiger partial charge on any atom is 0.283 e. The lowest BCUT2D eigenvalue weighted by molar-refractivity contribution is -0.0688. The van der Waals surface area contributed by atoms with Crippen LogP contribution in [0.1, 0.15) is 11.1 Å². The second-order valence-corrected chi connectivity index (χ2v) is 9.62. The van der Waals surface area contributed by atoms with Crippen molar-refractivity contribution in [1.29, 1.82) is 0 Å². The van der Waals surface area contributed by atoms with Gasteiger partial charge in [-0.15, -0.1) is 0 Å². The minimum Gasteiger partial charge on any atom is -0.492 e. The van der Waals surface area contributed by atoms with E-state index in [0.29, 0.717) is 42.5 Å². The molecule has 1 saturated heterocycles. The van der Waals surface area contributed by atoms with Crippen LogP contribution in [0.5, 0.6) is 5.75 Å². The molecule has 1 aliphatic rings. The zero-order valence-electron chi connectivity index (χ0n) is 22.7. The number of hydrogen-bond acceptors (Lipinski definition) is 9. The third-order valence-electron chi connectivity index (χ3n) is 6.62. The van der Waals surface area contributed by atoms with Crippen LogP contribution >= 0.6 is 0 Å². The summed E-state index contributed by atoms with van der Waals surface area (Å²) in [7, 11) is 1.71. The molecule has 10 nitrogen and oxygen atoms in total. The van der Waals surface area contributed by atoms with E-state index in [0.717, 1.165) is 22.4 Å². The van der Waals surface area contributed by atoms with Crippen molar-refractivity contribution in [1.82, 2.24) is 24.3 Å². The third-order valence-corrected chi connectivity index (χ3v) is 6.62. The molecule has 3 aromatic heterocycles. The molecule has 0 radical (unpaired) electrons. The average molecular weight is 563 g/mol. The van der Waals surface area contributed by atoms with Crippen LogP contribution in [0.3, 0.4) is 0 Å². The highest BCUT2D eigenvalue weighted by molar-refractivity contribution is 6.09. The summed E-state index contributed by atoms with van der Waals surface area (Å²) in [5, 5.41) is 3.34. The molecule has 41 heavy (non-hydrogen) atoms. The van der Waals surface area contributed by atoms with Gasteiger partial charge in [-0.3, -0.25) is 14.3 Å². The number of fused-ring (bicyclic) bond motifs is 1. The van der Waals surface area contributed by atoms with Gasteiger partial charge in [-0.25, -0.2) is 23.7 Å². The topological polar surface area (TPSA) is 115 Å². The van der Waals surface area contributed by atoms with Gasteiger partial charge in [0, 0.05) is 63.0 Å². The number of ether oxygens (including phenoxy) is 2. The standard InChI is InChI=1S/C29H32F2N8O2/c1-33-16-23(14-32)22-4-2-21(3-5-22)15-34-27-13-25(36-20-37-27)26-17-35-28-12-24(6-7-39(26)28)41-11-9-38-8-10-40-19-29(30,31)18-38/h2-7,12-14,16-17,20H,8-11,15,18-19,32H2,1H3,(H,34,36,37). The van der Waals surface area contributed by atoms with E-state index in [2.05, 4.69) is 25.3 Å². The van der Waals surface area contributed by atoms with Gasteiger partial charge in [0.15, 0.2) is 0 Å². The zero-order chi connectivity index (χ0) is 28.7. The summed E-state index contributed by atoms with van der Waals surface area (Å²) < 4.78 is 40.3. The quantitative estimate of drug-likeness (QED) is 0.281. The first-order chi connectivity index (χ1) is 19.9. The minimum atomic E-state index is -2.85. The van der Waals surface area contributed by atoms with Gasteiger partial charge in [-0.2, -0.15) is 0 Å². The van der Waals surface area contributed by atoms with E-state index >= 15 is 0 Å². The molecule has 0 unspecified atom stereocenters. The number of nitrogens with zero attached hydrogens (tertiary/aromatic N) is 6. The lowest BCUT2D eigenvalue weighted by Gasteiger charge is -2.22. The fourth-order valence-corrected chi connectivity index (χ4v) is 4.55. The molecule has 1 aromatic carbocycles. The van der Waals surface area contributed by atoms with Gasteiger partial charge in [-0.05, 0) is 17.2 Å². The first kappa shape index (κ1) is 28.1. The van der Waals surface area contributed by atoms with Crippen molar-refractivity contribution in [3.05, 3.63) is 78.5 Å². The third kappa shape index (κ3) is 7.21. The van der Waals surface area contributed by atoms with Crippen molar-refractivity contribution >= 4 is 23.3 Å². The Morgan fingerprint density at radius 1 is 1.20 bits per heavy atom. The molecule has 1 fully saturated rings. The first-order valence-corrected chi connectivity index (χ1v) is 13.2. The predicted molar refractivity (Wildman–Crippen MR) is 154 cm³/mol. The number of anilines is 1. The maximum absolute atomic E-state index is 13.8. The number of allylic oxidation sites excluding steroid dienone is 1. The Morgan fingerprint density at radius 3 is 2.85 bits per heavy atom. The molecule has 12 heteroatoms. The fraction of sp³-hybridized carbons (Fsp3) is 0.310. The maximum atomic E-state index is 13.8. The van der Waals surface area contributed by atoms with Gasteiger partial charge in [0.1, 0.15) is 36.8 Å². The van der Waals surface area contributed by atoms with Crippen LogP contribution in [-0.4, -0.2) is 82.9 Å². The minimum absolute atomic E-state index is 0.279. The Kier molecular flexibility index (Phi) is 8.80. The molecule has 214 valence electrons. The Balaban J connectivity index is 1.20. The van der Waals surface area contributed by atoms with E-state index < -0.39 is 12.5 Å². The number of rotatable bonds is 10. The number of alkyl halides is 2. The van der Waals surface area contributed by atoms with Crippen molar-refractivity contribution < 1.29 is 18.3 Å². The van der Waals surface area contributed by atoms with Crippen LogP contribution in [0.25, 0.3) is 22.6 Å². The molecule has 0 amide bonds. The normalized spacial score (nSPS) is 16.2. The molecule has 0 atom stereocenters. The van der Waals surface area contributed by atoms with Gasteiger partial charge in [0.05, 0.1) is 30.7 Å². The van der Waals surface area contributed by atoms with Crippen LogP contribution in [-0.2, 0) is 11.3 Å². The Hall–Kier alpha value is -4.42. The predicted octanol–water partition coefficient (Wildman–Crippen LogP) is 3.75. The molecule has 0 aliphatic carbocycles. The molecule has 5 rings (SSSR count). The molecule has 0 bridgehead atoms. The number of imidazole rings is 1. The van der Waals surface area contributed by atoms with Crippen LogP contribution in [0.4, 0.5) is 14.6 Å². The second kappa shape index (κ2) is 12.8. The molecule has 0 spiro atoms. The van der Waals surface area contributed by atoms with E-state index in [1.54, 1.807) is 24.4 Å². The van der Waals surface area contributed by atoms with E-state index in [-0.39, 0.29) is 19.8 Å². The monoisotopic (exact) mass is 562 g/mol. The number of benzene rings is 1. The SMILES string of the molecule is CN=CC(=CN)c1ccc(CNc2cc(-c3cnc4cc(OCCN5CCOCC(F)(F)C5)ccn34)ncn2)cc1. The van der Waals surface area contributed by atoms with Crippen molar-refractivity contribution in [3.8, 4) is 17.1 Å². The first-order valence-electron chi connectivity index (χ1n) is 13.2. The smallest absolute Gasteiger partial charge is 0.283 e. The van der Waals surface area contributed by atoms with E-state index in [4.69, 9.17) is 15.2 Å². The van der Waals surface area contributed by atoms with Crippen LogP contribution < -0.4 is 15.8 Å². The second-order valence-electron chi connectivity index (χ2n) is 9.62. The summed E-state index contributed by atoms with van der Waals surface area (Å²) in [6, 6.07) is 13.6. The molecule has 1 aliphatic heterocycles. The number of nitrogens with two attached hydrogens (primary N) is 1. The zero-order valence-corrected chi connectivity index (χ0v) is 22.7. The molecule has 3 N–H and O–H groups in total. The van der Waals surface area contributed by atoms with Gasteiger partial charge in [0.2, 0.25) is 0 Å². The summed E-state index contributed by atoms with van der Waals surface area (Å²) in [4.78, 5) is 19.0. The molecule has 4 heterocycles. The number of aromatic nitrogens is 4. The summed E-state index contributed by atoms with van der Waals surface area (Å²) in [6.45, 7) is 1.11. The lowest BCUT2D eigenvalue weighted by atomic mass is 10.1. The summed E-state index contributed by atoms with van der Waals surface area (Å²) in [5.41, 5.74) is 10.8. The van der Waals surface area contributed by atoms with Gasteiger partial charge < -0.3 is 20.5 Å². The molecule has 0 saturated carbocycles. The largest absolute Gasteiger partial charge is 0.492 e. The van der Waals surface area contributed by atoms with E-state index in [1.807, 2.05) is 53.1 Å². The Bertz CT molecular complexity index is 1520. The molecular weight excluding hydrogens is 530 g/mol. The molecule has 4 aromatic rings. The lowest BCUT2D eigenvalue weighted by Crippen LogP contribution is -2.39. The highest BCUT2D eigenvalue weighted by Crippen LogP contribution is 2.24. The number of aliphatic imine (C=N–C) groups is 1. The Morgan fingerprint density at radius 2 is 2.05 bits per heavy atom. The molecular formula is C29H32F2N8O2. The van der Waals surface area contributed by atoms with Crippen molar-refractivity contribution in [2.45, 2.75) is 12.5 Å². The fourth-order valence-electron chi connectivity index (χ4n) is 4.55. The highest BCUT2D eigenvalue weighted by Gasteiger charge is 2.34. The van der Waals surface area contributed by atoms with E-state index in [9.17, 15) is 8.78 Å². The van der Waals surface area contributed by atoms with Gasteiger partial charge in [0.25, 0.3) is 5.92 Å². The number of pyridine rings is 1. The number of hydrogen-bond donors (Lipinski definition) is 2. The van der Waals surface area contributed by atoms with Crippen molar-refractivity contribution in [2.24, 2.45) is 10.7 Å². The van der Waals surface area contributed by atoms with Crippen LogP contribution in [0.15, 0.2) is 72.4 Å². The van der Waals surface area contributed by atoms with Crippen molar-refractivity contribution in [3.63, 3.8) is 0 Å². The van der Waals surface area contributed by atoms with Gasteiger partial charge >= 0.3 is 0 Å². The van der Waals surface area contributed by atoms with E-state index in [1.165, 1.54) is 12.5 Å². The summed E-state index contributed by atoms with van der Waals surface area (Å²) >= 11 is 0. The highest BCUT2D eigenvalue weighted by atomic mass is 19.3. The van der Waals surface area contributed by atoms with Crippen LogP contribution in [0.2, 0.25) is 0 Å². The number of nitrogens with one attached hydrogen (secondary N) is 1.